The zero-order chi connectivity index (χ0) is 16.1. The Hall–Kier alpha value is -2.20. The molecule has 0 radical (unpaired) electrons. The SMILES string of the molecule is Cc1cccc(C)c1OCCOc1ccc(Cl)cc1C(=O)O. The van der Waals surface area contributed by atoms with E-state index in [1.54, 1.807) is 12.1 Å². The van der Waals surface area contributed by atoms with Crippen molar-refractivity contribution in [3.63, 3.8) is 0 Å². The number of ether oxygens (including phenoxy) is 2. The third-order valence-corrected chi connectivity index (χ3v) is 3.40. The highest BCUT2D eigenvalue weighted by molar-refractivity contribution is 6.31. The van der Waals surface area contributed by atoms with E-state index in [-0.39, 0.29) is 17.9 Å². The van der Waals surface area contributed by atoms with Crippen LogP contribution in [0.2, 0.25) is 5.02 Å². The summed E-state index contributed by atoms with van der Waals surface area (Å²) in [7, 11) is 0. The molecule has 0 aliphatic rings. The zero-order valence-electron chi connectivity index (χ0n) is 12.4. The summed E-state index contributed by atoms with van der Waals surface area (Å²) >= 11 is 5.79. The standard InChI is InChI=1S/C17H17ClO4/c1-11-4-3-5-12(2)16(11)22-9-8-21-15-7-6-13(18)10-14(15)17(19)20/h3-7,10H,8-9H2,1-2H3,(H,19,20). The molecule has 4 nitrogen and oxygen atoms in total. The first-order valence-electron chi connectivity index (χ1n) is 6.83. The van der Waals surface area contributed by atoms with Crippen LogP contribution in [0.15, 0.2) is 36.4 Å². The van der Waals surface area contributed by atoms with Crippen molar-refractivity contribution >= 4 is 17.6 Å². The molecule has 0 fully saturated rings. The number of hydrogen-bond donors (Lipinski definition) is 1. The van der Waals surface area contributed by atoms with Crippen LogP contribution in [0, 0.1) is 13.8 Å². The first-order valence-corrected chi connectivity index (χ1v) is 7.21. The van der Waals surface area contributed by atoms with Crippen molar-refractivity contribution in [3.05, 3.63) is 58.1 Å². The normalized spacial score (nSPS) is 10.3. The molecule has 0 amide bonds. The molecule has 2 rings (SSSR count). The van der Waals surface area contributed by atoms with Gasteiger partial charge in [0.15, 0.2) is 0 Å². The molecule has 1 N–H and O–H groups in total. The molecule has 0 aromatic heterocycles. The molecule has 0 bridgehead atoms. The van der Waals surface area contributed by atoms with Crippen molar-refractivity contribution in [2.75, 3.05) is 13.2 Å². The second-order valence-corrected chi connectivity index (χ2v) is 5.30. The minimum Gasteiger partial charge on any atom is -0.489 e. The maximum Gasteiger partial charge on any atom is 0.339 e. The summed E-state index contributed by atoms with van der Waals surface area (Å²) < 4.78 is 11.2. The second kappa shape index (κ2) is 7.18. The highest BCUT2D eigenvalue weighted by Crippen LogP contribution is 2.24. The van der Waals surface area contributed by atoms with Gasteiger partial charge in [-0.15, -0.1) is 0 Å². The van der Waals surface area contributed by atoms with Crippen LogP contribution in [0.4, 0.5) is 0 Å². The van der Waals surface area contributed by atoms with Crippen molar-refractivity contribution in [2.45, 2.75) is 13.8 Å². The Kier molecular flexibility index (Phi) is 5.28. The number of rotatable bonds is 6. The lowest BCUT2D eigenvalue weighted by molar-refractivity contribution is 0.0691. The molecule has 116 valence electrons. The van der Waals surface area contributed by atoms with E-state index in [1.165, 1.54) is 6.07 Å². The third kappa shape index (κ3) is 3.92. The smallest absolute Gasteiger partial charge is 0.339 e. The van der Waals surface area contributed by atoms with E-state index in [4.69, 9.17) is 26.2 Å². The summed E-state index contributed by atoms with van der Waals surface area (Å²) in [5.41, 5.74) is 2.15. The Morgan fingerprint density at radius 2 is 1.73 bits per heavy atom. The highest BCUT2D eigenvalue weighted by atomic mass is 35.5. The van der Waals surface area contributed by atoms with Crippen LogP contribution in [-0.4, -0.2) is 24.3 Å². The number of aryl methyl sites for hydroxylation is 2. The van der Waals surface area contributed by atoms with E-state index in [1.807, 2.05) is 32.0 Å². The van der Waals surface area contributed by atoms with Gasteiger partial charge in [-0.25, -0.2) is 4.79 Å². The number of carbonyl (C=O) groups is 1. The molecule has 22 heavy (non-hydrogen) atoms. The van der Waals surface area contributed by atoms with E-state index in [2.05, 4.69) is 0 Å². The van der Waals surface area contributed by atoms with Gasteiger partial charge < -0.3 is 14.6 Å². The van der Waals surface area contributed by atoms with Crippen LogP contribution >= 0.6 is 11.6 Å². The Morgan fingerprint density at radius 3 is 2.36 bits per heavy atom. The van der Waals surface area contributed by atoms with Crippen LogP contribution in [0.1, 0.15) is 21.5 Å². The number of benzene rings is 2. The van der Waals surface area contributed by atoms with Crippen LogP contribution in [0.3, 0.4) is 0 Å². The summed E-state index contributed by atoms with van der Waals surface area (Å²) in [5.74, 6) is 0.0378. The molecular formula is C17H17ClO4. The molecule has 0 atom stereocenters. The molecule has 0 saturated heterocycles. The topological polar surface area (TPSA) is 55.8 Å². The lowest BCUT2D eigenvalue weighted by Gasteiger charge is -2.13. The van der Waals surface area contributed by atoms with Crippen LogP contribution in [0.5, 0.6) is 11.5 Å². The number of carboxylic acids is 1. The molecule has 0 spiro atoms. The molecule has 0 heterocycles. The molecule has 0 unspecified atom stereocenters. The van der Waals surface area contributed by atoms with Gasteiger partial charge in [0.1, 0.15) is 30.3 Å². The molecular weight excluding hydrogens is 304 g/mol. The predicted octanol–water partition coefficient (Wildman–Crippen LogP) is 4.11. The summed E-state index contributed by atoms with van der Waals surface area (Å²) in [5, 5.41) is 9.49. The molecule has 0 aliphatic heterocycles. The molecule has 2 aromatic rings. The number of aromatic carboxylic acids is 1. The fourth-order valence-electron chi connectivity index (χ4n) is 2.12. The number of hydrogen-bond acceptors (Lipinski definition) is 3. The van der Waals surface area contributed by atoms with Crippen LogP contribution < -0.4 is 9.47 Å². The van der Waals surface area contributed by atoms with Gasteiger partial charge >= 0.3 is 5.97 Å². The first-order chi connectivity index (χ1) is 10.5. The fraction of sp³-hybridized carbons (Fsp3) is 0.235. The fourth-order valence-corrected chi connectivity index (χ4v) is 2.29. The van der Waals surface area contributed by atoms with Gasteiger partial charge in [-0.3, -0.25) is 0 Å². The first kappa shape index (κ1) is 16.2. The number of halogens is 1. The Bertz CT molecular complexity index is 662. The van der Waals surface area contributed by atoms with Crippen molar-refractivity contribution in [1.82, 2.24) is 0 Å². The van der Waals surface area contributed by atoms with E-state index >= 15 is 0 Å². The summed E-state index contributed by atoms with van der Waals surface area (Å²) in [4.78, 5) is 11.1. The maximum atomic E-state index is 11.1. The molecule has 2 aromatic carbocycles. The molecule has 0 aliphatic carbocycles. The Morgan fingerprint density at radius 1 is 1.09 bits per heavy atom. The van der Waals surface area contributed by atoms with Crippen molar-refractivity contribution < 1.29 is 19.4 Å². The minimum absolute atomic E-state index is 0.0413. The third-order valence-electron chi connectivity index (χ3n) is 3.17. The van der Waals surface area contributed by atoms with E-state index in [0.29, 0.717) is 11.6 Å². The van der Waals surface area contributed by atoms with E-state index < -0.39 is 5.97 Å². The van der Waals surface area contributed by atoms with Crippen molar-refractivity contribution in [3.8, 4) is 11.5 Å². The average Bonchev–Trinajstić information content (AvgIpc) is 2.47. The van der Waals surface area contributed by atoms with E-state index in [0.717, 1.165) is 16.9 Å². The van der Waals surface area contributed by atoms with Gasteiger partial charge in [-0.05, 0) is 43.2 Å². The lowest BCUT2D eigenvalue weighted by atomic mass is 10.1. The van der Waals surface area contributed by atoms with Gasteiger partial charge in [0.05, 0.1) is 0 Å². The number of para-hydroxylation sites is 1. The van der Waals surface area contributed by atoms with Crippen LogP contribution in [0.25, 0.3) is 0 Å². The maximum absolute atomic E-state index is 11.1. The Labute approximate surface area is 134 Å². The van der Waals surface area contributed by atoms with Gasteiger partial charge in [0.25, 0.3) is 0 Å². The zero-order valence-corrected chi connectivity index (χ0v) is 13.2. The van der Waals surface area contributed by atoms with Gasteiger partial charge in [0, 0.05) is 5.02 Å². The van der Waals surface area contributed by atoms with Gasteiger partial charge in [-0.1, -0.05) is 29.8 Å². The number of carboxylic acid groups (broad SMARTS) is 1. The van der Waals surface area contributed by atoms with Gasteiger partial charge in [-0.2, -0.15) is 0 Å². The monoisotopic (exact) mass is 320 g/mol. The predicted molar refractivity (Wildman–Crippen MR) is 85.3 cm³/mol. The Balaban J connectivity index is 1.96. The van der Waals surface area contributed by atoms with Crippen molar-refractivity contribution in [2.24, 2.45) is 0 Å². The summed E-state index contributed by atoms with van der Waals surface area (Å²) in [6.45, 7) is 4.53. The largest absolute Gasteiger partial charge is 0.489 e. The van der Waals surface area contributed by atoms with Gasteiger partial charge in [0.2, 0.25) is 0 Å². The molecule has 5 heteroatoms. The van der Waals surface area contributed by atoms with E-state index in [9.17, 15) is 4.79 Å². The second-order valence-electron chi connectivity index (χ2n) is 4.86. The minimum atomic E-state index is -1.08. The van der Waals surface area contributed by atoms with Crippen molar-refractivity contribution in [1.29, 1.82) is 0 Å². The highest BCUT2D eigenvalue weighted by Gasteiger charge is 2.12. The lowest BCUT2D eigenvalue weighted by Crippen LogP contribution is -2.12. The summed E-state index contributed by atoms with van der Waals surface area (Å²) in [6, 6.07) is 10.4. The quantitative estimate of drug-likeness (QED) is 0.814. The molecule has 0 saturated carbocycles. The van der Waals surface area contributed by atoms with Crippen LogP contribution in [-0.2, 0) is 0 Å². The average molecular weight is 321 g/mol. The summed E-state index contributed by atoms with van der Waals surface area (Å²) in [6.07, 6.45) is 0.